The number of Topliss-reactive ketones (excluding diaryl/α,β-unsaturated/α-hetero) is 1. The van der Waals surface area contributed by atoms with Gasteiger partial charge in [-0.05, 0) is 39.3 Å². The lowest BCUT2D eigenvalue weighted by molar-refractivity contribution is -0.141. The molecule has 0 bridgehead atoms. The summed E-state index contributed by atoms with van der Waals surface area (Å²) in [6.45, 7) is 5.39. The van der Waals surface area contributed by atoms with Crippen molar-refractivity contribution in [3.8, 4) is 0 Å². The monoisotopic (exact) mass is 229 g/mol. The molecule has 0 amide bonds. The molecular formula is C12H23NO3. The zero-order chi connectivity index (χ0) is 12.2. The summed E-state index contributed by atoms with van der Waals surface area (Å²) < 4.78 is 4.80. The molecule has 0 fully saturated rings. The van der Waals surface area contributed by atoms with Crippen LogP contribution in [0.5, 0.6) is 0 Å². The average Bonchev–Trinajstić information content (AvgIpc) is 2.20. The fourth-order valence-electron chi connectivity index (χ4n) is 1.34. The standard InChI is InChI=1S/C12H23NO3/c1-11(14)7-4-3-5-8-13-9-6-10-16-12(2)15/h13H,3-10H2,1-2H3. The van der Waals surface area contributed by atoms with Crippen LogP contribution in [0.4, 0.5) is 0 Å². The van der Waals surface area contributed by atoms with E-state index in [4.69, 9.17) is 4.74 Å². The second kappa shape index (κ2) is 10.6. The van der Waals surface area contributed by atoms with E-state index in [1.54, 1.807) is 6.92 Å². The van der Waals surface area contributed by atoms with Gasteiger partial charge in [0.25, 0.3) is 0 Å². The van der Waals surface area contributed by atoms with E-state index in [-0.39, 0.29) is 11.8 Å². The third-order valence-corrected chi connectivity index (χ3v) is 2.19. The number of ketones is 1. The largest absolute Gasteiger partial charge is 0.466 e. The molecule has 0 rings (SSSR count). The van der Waals surface area contributed by atoms with Gasteiger partial charge in [0.1, 0.15) is 5.78 Å². The van der Waals surface area contributed by atoms with Crippen molar-refractivity contribution in [2.24, 2.45) is 0 Å². The molecule has 0 aromatic carbocycles. The molecule has 0 radical (unpaired) electrons. The van der Waals surface area contributed by atoms with Crippen LogP contribution in [-0.4, -0.2) is 31.4 Å². The van der Waals surface area contributed by atoms with Gasteiger partial charge in [-0.2, -0.15) is 0 Å². The van der Waals surface area contributed by atoms with Gasteiger partial charge in [-0.3, -0.25) is 4.79 Å². The topological polar surface area (TPSA) is 55.4 Å². The Labute approximate surface area is 97.7 Å². The van der Waals surface area contributed by atoms with Gasteiger partial charge in [-0.25, -0.2) is 0 Å². The van der Waals surface area contributed by atoms with Crippen LogP contribution in [-0.2, 0) is 14.3 Å². The first kappa shape index (κ1) is 15.1. The second-order valence-electron chi connectivity index (χ2n) is 3.96. The summed E-state index contributed by atoms with van der Waals surface area (Å²) in [4.78, 5) is 21.1. The van der Waals surface area contributed by atoms with Crippen molar-refractivity contribution in [2.75, 3.05) is 19.7 Å². The Bertz CT molecular complexity index is 182. The van der Waals surface area contributed by atoms with Crippen molar-refractivity contribution in [1.29, 1.82) is 0 Å². The molecule has 0 aromatic rings. The van der Waals surface area contributed by atoms with Crippen molar-refractivity contribution in [3.63, 3.8) is 0 Å². The molecule has 0 aliphatic rings. The SMILES string of the molecule is CC(=O)CCCCCNCCCOC(C)=O. The van der Waals surface area contributed by atoms with Crippen molar-refractivity contribution < 1.29 is 14.3 Å². The van der Waals surface area contributed by atoms with E-state index in [1.165, 1.54) is 6.92 Å². The molecule has 16 heavy (non-hydrogen) atoms. The summed E-state index contributed by atoms with van der Waals surface area (Å²) in [5, 5.41) is 3.27. The summed E-state index contributed by atoms with van der Waals surface area (Å²) in [7, 11) is 0. The first-order valence-corrected chi connectivity index (χ1v) is 5.96. The van der Waals surface area contributed by atoms with Crippen LogP contribution in [0.25, 0.3) is 0 Å². The van der Waals surface area contributed by atoms with Gasteiger partial charge in [-0.1, -0.05) is 6.42 Å². The molecule has 0 unspecified atom stereocenters. The third kappa shape index (κ3) is 13.1. The molecule has 0 aliphatic carbocycles. The quantitative estimate of drug-likeness (QED) is 0.457. The van der Waals surface area contributed by atoms with E-state index in [0.717, 1.165) is 38.8 Å². The minimum atomic E-state index is -0.218. The highest BCUT2D eigenvalue weighted by molar-refractivity contribution is 5.75. The molecule has 4 nitrogen and oxygen atoms in total. The van der Waals surface area contributed by atoms with Gasteiger partial charge >= 0.3 is 5.97 Å². The Balaban J connectivity index is 2.98. The zero-order valence-corrected chi connectivity index (χ0v) is 10.4. The van der Waals surface area contributed by atoms with Crippen LogP contribution >= 0.6 is 0 Å². The van der Waals surface area contributed by atoms with E-state index >= 15 is 0 Å². The molecule has 0 heterocycles. The van der Waals surface area contributed by atoms with Gasteiger partial charge in [0, 0.05) is 13.3 Å². The number of ether oxygens (including phenoxy) is 1. The normalized spacial score (nSPS) is 10.1. The first-order valence-electron chi connectivity index (χ1n) is 5.96. The lowest BCUT2D eigenvalue weighted by Gasteiger charge is -2.04. The highest BCUT2D eigenvalue weighted by Crippen LogP contribution is 1.99. The number of hydrogen-bond acceptors (Lipinski definition) is 4. The Morgan fingerprint density at radius 3 is 2.31 bits per heavy atom. The van der Waals surface area contributed by atoms with E-state index in [1.807, 2.05) is 0 Å². The Morgan fingerprint density at radius 2 is 1.69 bits per heavy atom. The summed E-state index contributed by atoms with van der Waals surface area (Å²) in [5.74, 6) is 0.0542. The van der Waals surface area contributed by atoms with Crippen LogP contribution in [0.1, 0.15) is 46.0 Å². The van der Waals surface area contributed by atoms with Gasteiger partial charge < -0.3 is 14.8 Å². The van der Waals surface area contributed by atoms with Crippen molar-refractivity contribution in [2.45, 2.75) is 46.0 Å². The van der Waals surface area contributed by atoms with Crippen LogP contribution < -0.4 is 5.32 Å². The van der Waals surface area contributed by atoms with E-state index in [9.17, 15) is 9.59 Å². The number of unbranched alkanes of at least 4 members (excludes halogenated alkanes) is 2. The summed E-state index contributed by atoms with van der Waals surface area (Å²) >= 11 is 0. The third-order valence-electron chi connectivity index (χ3n) is 2.19. The number of esters is 1. The molecule has 0 aliphatic heterocycles. The number of carbonyl (C=O) groups is 2. The lowest BCUT2D eigenvalue weighted by atomic mass is 10.1. The van der Waals surface area contributed by atoms with Gasteiger partial charge in [0.05, 0.1) is 6.61 Å². The molecule has 94 valence electrons. The van der Waals surface area contributed by atoms with Gasteiger partial charge in [0.15, 0.2) is 0 Å². The first-order chi connectivity index (χ1) is 7.63. The highest BCUT2D eigenvalue weighted by atomic mass is 16.5. The molecule has 0 aromatic heterocycles. The van der Waals surface area contributed by atoms with Crippen molar-refractivity contribution in [1.82, 2.24) is 5.32 Å². The van der Waals surface area contributed by atoms with Crippen molar-refractivity contribution in [3.05, 3.63) is 0 Å². The zero-order valence-electron chi connectivity index (χ0n) is 10.4. The van der Waals surface area contributed by atoms with Gasteiger partial charge in [0.2, 0.25) is 0 Å². The number of nitrogens with one attached hydrogen (secondary N) is 1. The fraction of sp³-hybridized carbons (Fsp3) is 0.833. The Morgan fingerprint density at radius 1 is 1.00 bits per heavy atom. The molecule has 4 heteroatoms. The molecule has 0 saturated carbocycles. The number of hydrogen-bond donors (Lipinski definition) is 1. The van der Waals surface area contributed by atoms with E-state index in [2.05, 4.69) is 5.32 Å². The second-order valence-corrected chi connectivity index (χ2v) is 3.96. The smallest absolute Gasteiger partial charge is 0.302 e. The predicted octanol–water partition coefficient (Wildman–Crippen LogP) is 1.68. The molecule has 1 N–H and O–H groups in total. The maximum absolute atomic E-state index is 10.6. The van der Waals surface area contributed by atoms with Crippen LogP contribution in [0.2, 0.25) is 0 Å². The Kier molecular flexibility index (Phi) is 10.0. The molecule has 0 atom stereocenters. The molecule has 0 spiro atoms. The lowest BCUT2D eigenvalue weighted by Crippen LogP contribution is -2.18. The van der Waals surface area contributed by atoms with E-state index < -0.39 is 0 Å². The van der Waals surface area contributed by atoms with Gasteiger partial charge in [-0.15, -0.1) is 0 Å². The van der Waals surface area contributed by atoms with E-state index in [0.29, 0.717) is 13.0 Å². The summed E-state index contributed by atoms with van der Waals surface area (Å²) in [6, 6.07) is 0. The maximum Gasteiger partial charge on any atom is 0.302 e. The molecular weight excluding hydrogens is 206 g/mol. The molecule has 0 saturated heterocycles. The van der Waals surface area contributed by atoms with Crippen LogP contribution in [0, 0.1) is 0 Å². The van der Waals surface area contributed by atoms with Crippen LogP contribution in [0.3, 0.4) is 0 Å². The van der Waals surface area contributed by atoms with Crippen LogP contribution in [0.15, 0.2) is 0 Å². The van der Waals surface area contributed by atoms with Crippen molar-refractivity contribution >= 4 is 11.8 Å². The minimum Gasteiger partial charge on any atom is -0.466 e. The number of rotatable bonds is 10. The fourth-order valence-corrected chi connectivity index (χ4v) is 1.34. The maximum atomic E-state index is 10.6. The minimum absolute atomic E-state index is 0.218. The summed E-state index contributed by atoms with van der Waals surface area (Å²) in [6.07, 6.45) is 4.74. The average molecular weight is 229 g/mol. The highest BCUT2D eigenvalue weighted by Gasteiger charge is 1.95. The predicted molar refractivity (Wildman–Crippen MR) is 63.3 cm³/mol. The number of carbonyl (C=O) groups excluding carboxylic acids is 2. The Hall–Kier alpha value is -0.900. The summed E-state index contributed by atoms with van der Waals surface area (Å²) in [5.41, 5.74) is 0.